The predicted molar refractivity (Wildman–Crippen MR) is 162 cm³/mol. The molecule has 0 radical (unpaired) electrons. The van der Waals surface area contributed by atoms with E-state index >= 15 is 0 Å². The fourth-order valence-electron chi connectivity index (χ4n) is 4.69. The third-order valence-electron chi connectivity index (χ3n) is 6.82. The molecule has 0 fully saturated rings. The lowest BCUT2D eigenvalue weighted by Gasteiger charge is -2.16. The number of rotatable bonds is 5. The van der Waals surface area contributed by atoms with Crippen LogP contribution in [0, 0.1) is 0 Å². The highest BCUT2D eigenvalue weighted by Gasteiger charge is 2.21. The van der Waals surface area contributed by atoms with Crippen molar-refractivity contribution in [3.63, 3.8) is 0 Å². The quantitative estimate of drug-likeness (QED) is 0.126. The monoisotopic (exact) mass is 589 g/mol. The average Bonchev–Trinajstić information content (AvgIpc) is 3.30. The Morgan fingerprint density at radius 1 is 1.05 bits per heavy atom. The lowest BCUT2D eigenvalue weighted by molar-refractivity contribution is 0.0899. The summed E-state index contributed by atoms with van der Waals surface area (Å²) >= 11 is 6.43. The van der Waals surface area contributed by atoms with E-state index in [1.165, 1.54) is 0 Å². The summed E-state index contributed by atoms with van der Waals surface area (Å²) in [6.07, 6.45) is 6.97. The first-order chi connectivity index (χ1) is 19.7. The van der Waals surface area contributed by atoms with Crippen LogP contribution in [-0.2, 0) is 18.1 Å². The van der Waals surface area contributed by atoms with Crippen LogP contribution in [0.2, 0.25) is 31.0 Å². The Morgan fingerprint density at radius 3 is 2.78 bits per heavy atom. The molecule has 0 aliphatic carbocycles. The highest BCUT2D eigenvalue weighted by atomic mass is 35.5. The normalized spacial score (nSPS) is 15.5. The summed E-state index contributed by atoms with van der Waals surface area (Å²) in [6.45, 7) is 10.6. The van der Waals surface area contributed by atoms with Crippen LogP contribution >= 0.6 is 11.6 Å². The van der Waals surface area contributed by atoms with Gasteiger partial charge >= 0.3 is 0 Å². The summed E-state index contributed by atoms with van der Waals surface area (Å²) < 4.78 is 26.5. The predicted octanol–water partition coefficient (Wildman–Crippen LogP) is 6.75. The van der Waals surface area contributed by atoms with Crippen LogP contribution in [-0.4, -0.2) is 51.9 Å². The first-order valence-corrected chi connectivity index (χ1v) is 17.7. The standard InChI is InChI=1S/C30H32ClN5O4Si/c1-19-16-38-23-9-20(12-32-13-23)17-39-29-27-25(21-5-6-26-22(10-21)11-24(40-19)14-33-26)15-36(28(27)34-30(31)35-29)18-37-7-8-41(2,3)4/h5-6,9-15,19H,7-8,16-18H2,1-4H3/t19-/m1/s1. The molecule has 9 nitrogen and oxygen atoms in total. The second-order valence-electron chi connectivity index (χ2n) is 11.5. The van der Waals surface area contributed by atoms with Crippen LogP contribution in [0.4, 0.5) is 0 Å². The molecule has 0 saturated heterocycles. The van der Waals surface area contributed by atoms with Gasteiger partial charge in [0.1, 0.15) is 37.5 Å². The molecule has 4 aromatic heterocycles. The maximum atomic E-state index is 6.43. The summed E-state index contributed by atoms with van der Waals surface area (Å²) in [5.74, 6) is 1.67. The molecule has 6 rings (SSSR count). The van der Waals surface area contributed by atoms with Gasteiger partial charge in [0.05, 0.1) is 23.3 Å². The van der Waals surface area contributed by atoms with Crippen molar-refractivity contribution in [3.05, 3.63) is 66.0 Å². The largest absolute Gasteiger partial charge is 0.488 e. The van der Waals surface area contributed by atoms with E-state index in [-0.39, 0.29) is 18.0 Å². The lowest BCUT2D eigenvalue weighted by atomic mass is 10.0. The van der Waals surface area contributed by atoms with E-state index in [0.717, 1.165) is 39.0 Å². The molecule has 0 N–H and O–H groups in total. The topological polar surface area (TPSA) is 93.4 Å². The Kier molecular flexibility index (Phi) is 7.54. The molecule has 5 bridgehead atoms. The summed E-state index contributed by atoms with van der Waals surface area (Å²) in [7, 11) is -1.23. The van der Waals surface area contributed by atoms with Gasteiger partial charge in [-0.1, -0.05) is 25.7 Å². The molecule has 0 saturated carbocycles. The van der Waals surface area contributed by atoms with Crippen molar-refractivity contribution in [1.82, 2.24) is 24.5 Å². The van der Waals surface area contributed by atoms with Gasteiger partial charge in [-0.05, 0) is 54.4 Å². The molecule has 1 aliphatic rings. The summed E-state index contributed by atoms with van der Waals surface area (Å²) in [5.41, 5.74) is 4.19. The molecule has 1 aromatic carbocycles. The number of hydrogen-bond donors (Lipinski definition) is 0. The summed E-state index contributed by atoms with van der Waals surface area (Å²) in [4.78, 5) is 18.0. The number of hydrogen-bond acceptors (Lipinski definition) is 8. The van der Waals surface area contributed by atoms with Gasteiger partial charge in [-0.2, -0.15) is 9.97 Å². The Balaban J connectivity index is 1.48. The highest BCUT2D eigenvalue weighted by molar-refractivity contribution is 6.76. The van der Waals surface area contributed by atoms with E-state index in [0.29, 0.717) is 43.0 Å². The van der Waals surface area contributed by atoms with Crippen LogP contribution in [0.5, 0.6) is 17.4 Å². The van der Waals surface area contributed by atoms with Crippen LogP contribution in [0.25, 0.3) is 33.1 Å². The van der Waals surface area contributed by atoms with Crippen LogP contribution < -0.4 is 14.2 Å². The van der Waals surface area contributed by atoms with Crippen molar-refractivity contribution < 1.29 is 18.9 Å². The van der Waals surface area contributed by atoms with E-state index in [2.05, 4.69) is 45.6 Å². The number of aromatic nitrogens is 5. The number of pyridine rings is 2. The lowest BCUT2D eigenvalue weighted by Crippen LogP contribution is -2.22. The molecule has 5 heterocycles. The molecule has 1 atom stereocenters. The van der Waals surface area contributed by atoms with E-state index in [1.807, 2.05) is 42.0 Å². The summed E-state index contributed by atoms with van der Waals surface area (Å²) in [5, 5.41) is 1.79. The van der Waals surface area contributed by atoms with Crippen LogP contribution in [0.1, 0.15) is 12.5 Å². The minimum Gasteiger partial charge on any atom is -0.488 e. The van der Waals surface area contributed by atoms with Crippen molar-refractivity contribution in [2.45, 2.75) is 52.1 Å². The fraction of sp³-hybridized carbons (Fsp3) is 0.333. The minimum absolute atomic E-state index is 0.0973. The molecule has 0 amide bonds. The Hall–Kier alpha value is -3.73. The van der Waals surface area contributed by atoms with Gasteiger partial charge in [-0.15, -0.1) is 0 Å². The first-order valence-electron chi connectivity index (χ1n) is 13.6. The van der Waals surface area contributed by atoms with Crippen molar-refractivity contribution in [1.29, 1.82) is 0 Å². The SMILES string of the molecule is C[C@@H]1COc2cncc(c2)COc2nc(Cl)nc3c2c(cn3COCC[Si](C)(C)C)-c2ccc3ncc(cc3c2)O1. The van der Waals surface area contributed by atoms with Crippen molar-refractivity contribution in [2.75, 3.05) is 13.2 Å². The van der Waals surface area contributed by atoms with Crippen molar-refractivity contribution >= 4 is 41.6 Å². The number of benzene rings is 1. The molecule has 41 heavy (non-hydrogen) atoms. The number of ether oxygens (including phenoxy) is 4. The Bertz CT molecular complexity index is 1720. The highest BCUT2D eigenvalue weighted by Crippen LogP contribution is 2.38. The molecule has 5 aromatic rings. The summed E-state index contributed by atoms with van der Waals surface area (Å²) in [6, 6.07) is 11.1. The van der Waals surface area contributed by atoms with Gasteiger partial charge in [0, 0.05) is 43.6 Å². The zero-order valence-electron chi connectivity index (χ0n) is 23.6. The first kappa shape index (κ1) is 27.4. The number of halogens is 1. The zero-order valence-corrected chi connectivity index (χ0v) is 25.3. The van der Waals surface area contributed by atoms with Crippen LogP contribution in [0.3, 0.4) is 0 Å². The van der Waals surface area contributed by atoms with Gasteiger partial charge in [-0.3, -0.25) is 9.97 Å². The molecule has 212 valence electrons. The molecular formula is C30H32ClN5O4Si. The molecule has 0 unspecified atom stereocenters. The minimum atomic E-state index is -1.23. The molecule has 11 heteroatoms. The second-order valence-corrected chi connectivity index (χ2v) is 17.5. The van der Waals surface area contributed by atoms with Gasteiger partial charge in [0.2, 0.25) is 11.2 Å². The van der Waals surface area contributed by atoms with Gasteiger partial charge < -0.3 is 23.5 Å². The molecular weight excluding hydrogens is 558 g/mol. The van der Waals surface area contributed by atoms with E-state index in [9.17, 15) is 0 Å². The third-order valence-corrected chi connectivity index (χ3v) is 8.69. The number of nitrogens with zero attached hydrogens (tertiary/aromatic N) is 5. The average molecular weight is 590 g/mol. The van der Waals surface area contributed by atoms with Crippen LogP contribution in [0.15, 0.2) is 55.1 Å². The van der Waals surface area contributed by atoms with Crippen molar-refractivity contribution in [2.24, 2.45) is 0 Å². The number of fused-ring (bicyclic) bond motifs is 5. The Morgan fingerprint density at radius 2 is 1.93 bits per heavy atom. The maximum absolute atomic E-state index is 6.43. The van der Waals surface area contributed by atoms with Gasteiger partial charge in [-0.25, -0.2) is 0 Å². The molecule has 1 aliphatic heterocycles. The third kappa shape index (κ3) is 6.29. The van der Waals surface area contributed by atoms with Gasteiger partial charge in [0.25, 0.3) is 0 Å². The zero-order chi connectivity index (χ0) is 28.6. The molecule has 0 spiro atoms. The van der Waals surface area contributed by atoms with E-state index in [1.54, 1.807) is 18.6 Å². The second kappa shape index (κ2) is 11.3. The van der Waals surface area contributed by atoms with Crippen molar-refractivity contribution in [3.8, 4) is 28.5 Å². The fourth-order valence-corrected chi connectivity index (χ4v) is 5.60. The maximum Gasteiger partial charge on any atom is 0.228 e. The van der Waals surface area contributed by atoms with E-state index in [4.69, 9.17) is 30.5 Å². The smallest absolute Gasteiger partial charge is 0.228 e. The van der Waals surface area contributed by atoms with E-state index < -0.39 is 8.07 Å². The van der Waals surface area contributed by atoms with Gasteiger partial charge in [0.15, 0.2) is 5.65 Å². The Labute approximate surface area is 244 Å².